The lowest BCUT2D eigenvalue weighted by Gasteiger charge is -2.31. The highest BCUT2D eigenvalue weighted by molar-refractivity contribution is 6.20. The summed E-state index contributed by atoms with van der Waals surface area (Å²) in [7, 11) is 0. The molecule has 1 spiro atoms. The van der Waals surface area contributed by atoms with Crippen LogP contribution >= 0.6 is 0 Å². The third kappa shape index (κ3) is 3.79. The van der Waals surface area contributed by atoms with E-state index < -0.39 is 5.41 Å². The maximum atomic E-state index is 6.77. The molecule has 1 aromatic heterocycles. The molecule has 56 heavy (non-hydrogen) atoms. The van der Waals surface area contributed by atoms with E-state index >= 15 is 0 Å². The van der Waals surface area contributed by atoms with Gasteiger partial charge in [0.05, 0.1) is 5.41 Å². The first-order chi connectivity index (χ1) is 27.8. The summed E-state index contributed by atoms with van der Waals surface area (Å²) in [5, 5.41) is 9.62. The maximum Gasteiger partial charge on any atom is 0.143 e. The molecule has 1 heterocycles. The van der Waals surface area contributed by atoms with Crippen LogP contribution in [0, 0.1) is 0 Å². The molecule has 0 fully saturated rings. The van der Waals surface area contributed by atoms with Crippen LogP contribution < -0.4 is 0 Å². The van der Waals surface area contributed by atoms with Gasteiger partial charge in [-0.2, -0.15) is 0 Å². The summed E-state index contributed by atoms with van der Waals surface area (Å²) in [5.41, 5.74) is 16.8. The zero-order valence-corrected chi connectivity index (χ0v) is 30.4. The predicted octanol–water partition coefficient (Wildman–Crippen LogP) is 14.7. The van der Waals surface area contributed by atoms with Crippen molar-refractivity contribution >= 4 is 54.3 Å². The molecule has 0 unspecified atom stereocenters. The highest BCUT2D eigenvalue weighted by atomic mass is 16.3. The molecule has 2 aliphatic rings. The lowest BCUT2D eigenvalue weighted by atomic mass is 9.69. The van der Waals surface area contributed by atoms with Crippen molar-refractivity contribution in [2.45, 2.75) is 5.41 Å². The molecule has 2 aliphatic carbocycles. The summed E-state index contributed by atoms with van der Waals surface area (Å²) < 4.78 is 6.77. The van der Waals surface area contributed by atoms with Crippen molar-refractivity contribution in [1.82, 2.24) is 0 Å². The molecule has 1 nitrogen and oxygen atoms in total. The van der Waals surface area contributed by atoms with Gasteiger partial charge in [-0.05, 0) is 130 Å². The fourth-order valence-corrected chi connectivity index (χ4v) is 10.6. The number of furan rings is 1. The number of rotatable bonds is 2. The Labute approximate surface area is 323 Å². The normalized spacial score (nSPS) is 13.5. The monoisotopic (exact) mass is 708 g/mol. The van der Waals surface area contributed by atoms with Gasteiger partial charge in [0.25, 0.3) is 0 Å². The molecular formula is C55H32O. The Hall–Kier alpha value is -7.22. The van der Waals surface area contributed by atoms with E-state index in [9.17, 15) is 0 Å². The van der Waals surface area contributed by atoms with E-state index in [4.69, 9.17) is 4.42 Å². The quantitative estimate of drug-likeness (QED) is 0.174. The summed E-state index contributed by atoms with van der Waals surface area (Å²) in [5.74, 6) is 0. The van der Waals surface area contributed by atoms with Crippen LogP contribution in [0.25, 0.3) is 98.8 Å². The van der Waals surface area contributed by atoms with Crippen LogP contribution in [0.2, 0.25) is 0 Å². The van der Waals surface area contributed by atoms with Crippen molar-refractivity contribution in [3.05, 3.63) is 216 Å². The zero-order valence-electron chi connectivity index (χ0n) is 30.4. The number of hydrogen-bond acceptors (Lipinski definition) is 1. The minimum Gasteiger partial charge on any atom is -0.455 e. The second-order valence-electron chi connectivity index (χ2n) is 15.5. The Kier molecular flexibility index (Phi) is 5.89. The minimum atomic E-state index is -0.514. The van der Waals surface area contributed by atoms with Crippen LogP contribution in [0.1, 0.15) is 22.3 Å². The Morgan fingerprint density at radius 3 is 1.70 bits per heavy atom. The lowest BCUT2D eigenvalue weighted by Crippen LogP contribution is -2.26. The van der Waals surface area contributed by atoms with E-state index in [1.54, 1.807) is 0 Å². The van der Waals surface area contributed by atoms with E-state index in [2.05, 4.69) is 194 Å². The lowest BCUT2D eigenvalue weighted by molar-refractivity contribution is 0.673. The standard InChI is InChI=1S/C55H32O/c1-2-16-36-31-49-46(29-35(36)15-1)52-45(41-23-11-17-33-13-3-5-18-38(33)41)30-37(32-50(52)55(49)47-24-9-7-20-42(47)43-21-8-10-25-48(43)55)39-22-12-26-51-53(39)44-28-27-34-14-4-6-19-40(34)54(44)56-51/h1-32H. The Morgan fingerprint density at radius 1 is 0.321 bits per heavy atom. The van der Waals surface area contributed by atoms with Gasteiger partial charge >= 0.3 is 0 Å². The number of benzene rings is 10. The van der Waals surface area contributed by atoms with Crippen LogP contribution in [0.5, 0.6) is 0 Å². The molecule has 1 heteroatoms. The predicted molar refractivity (Wildman–Crippen MR) is 233 cm³/mol. The third-order valence-electron chi connectivity index (χ3n) is 12.8. The van der Waals surface area contributed by atoms with Crippen molar-refractivity contribution < 1.29 is 4.42 Å². The van der Waals surface area contributed by atoms with Crippen LogP contribution in [0.15, 0.2) is 199 Å². The van der Waals surface area contributed by atoms with Gasteiger partial charge < -0.3 is 4.42 Å². The largest absolute Gasteiger partial charge is 0.455 e. The first kappa shape index (κ1) is 30.1. The van der Waals surface area contributed by atoms with Crippen LogP contribution in [0.3, 0.4) is 0 Å². The number of hydrogen-bond donors (Lipinski definition) is 0. The molecule has 13 rings (SSSR count). The average molecular weight is 709 g/mol. The molecule has 11 aromatic rings. The van der Waals surface area contributed by atoms with Gasteiger partial charge in [-0.15, -0.1) is 0 Å². The molecule has 0 N–H and O–H groups in total. The van der Waals surface area contributed by atoms with Crippen molar-refractivity contribution in [1.29, 1.82) is 0 Å². The van der Waals surface area contributed by atoms with Crippen LogP contribution in [-0.2, 0) is 5.41 Å². The maximum absolute atomic E-state index is 6.77. The van der Waals surface area contributed by atoms with Gasteiger partial charge in [0, 0.05) is 16.2 Å². The van der Waals surface area contributed by atoms with E-state index in [1.807, 2.05) is 0 Å². The van der Waals surface area contributed by atoms with Gasteiger partial charge in [0.15, 0.2) is 0 Å². The second-order valence-corrected chi connectivity index (χ2v) is 15.5. The molecule has 10 aromatic carbocycles. The SMILES string of the molecule is c1ccc2c(c1)-c1ccccc1C21c2cc3ccccc3cc2-c2c(-c3cccc4ccccc34)cc(-c3cccc4oc5c6ccccc6ccc5c34)cc21. The average Bonchev–Trinajstić information content (AvgIpc) is 3.89. The van der Waals surface area contributed by atoms with Gasteiger partial charge in [0.1, 0.15) is 11.2 Å². The third-order valence-corrected chi connectivity index (χ3v) is 12.8. The van der Waals surface area contributed by atoms with E-state index in [-0.39, 0.29) is 0 Å². The molecule has 0 atom stereocenters. The first-order valence-electron chi connectivity index (χ1n) is 19.5. The van der Waals surface area contributed by atoms with Gasteiger partial charge in [-0.1, -0.05) is 158 Å². The van der Waals surface area contributed by atoms with Crippen molar-refractivity contribution in [2.75, 3.05) is 0 Å². The zero-order chi connectivity index (χ0) is 36.5. The van der Waals surface area contributed by atoms with Crippen molar-refractivity contribution in [3.63, 3.8) is 0 Å². The summed E-state index contributed by atoms with van der Waals surface area (Å²) in [6.07, 6.45) is 0. The smallest absolute Gasteiger partial charge is 0.143 e. The second kappa shape index (κ2) is 10.9. The van der Waals surface area contributed by atoms with Crippen LogP contribution in [0.4, 0.5) is 0 Å². The van der Waals surface area contributed by atoms with Crippen molar-refractivity contribution in [2.24, 2.45) is 0 Å². The summed E-state index contributed by atoms with van der Waals surface area (Å²) >= 11 is 0. The fraction of sp³-hybridized carbons (Fsp3) is 0.0182. The summed E-state index contributed by atoms with van der Waals surface area (Å²) in [6.45, 7) is 0. The van der Waals surface area contributed by atoms with Crippen LogP contribution in [-0.4, -0.2) is 0 Å². The molecule has 0 saturated carbocycles. The van der Waals surface area contributed by atoms with E-state index in [0.29, 0.717) is 0 Å². The van der Waals surface area contributed by atoms with Gasteiger partial charge in [-0.3, -0.25) is 0 Å². The highest BCUT2D eigenvalue weighted by Gasteiger charge is 2.52. The molecule has 258 valence electrons. The molecule has 0 aliphatic heterocycles. The number of fused-ring (bicyclic) bond motifs is 17. The summed E-state index contributed by atoms with van der Waals surface area (Å²) in [4.78, 5) is 0. The Bertz CT molecular complexity index is 3440. The molecule has 0 radical (unpaired) electrons. The van der Waals surface area contributed by atoms with E-state index in [0.717, 1.165) is 27.3 Å². The first-order valence-corrected chi connectivity index (χ1v) is 19.5. The van der Waals surface area contributed by atoms with Crippen molar-refractivity contribution in [3.8, 4) is 44.5 Å². The molecule has 0 bridgehead atoms. The molecular weight excluding hydrogens is 677 g/mol. The minimum absolute atomic E-state index is 0.514. The highest BCUT2D eigenvalue weighted by Crippen LogP contribution is 2.65. The fourth-order valence-electron chi connectivity index (χ4n) is 10.6. The summed E-state index contributed by atoms with van der Waals surface area (Å²) in [6, 6.07) is 72.2. The van der Waals surface area contributed by atoms with E-state index in [1.165, 1.54) is 93.7 Å². The Morgan fingerprint density at radius 2 is 0.911 bits per heavy atom. The van der Waals surface area contributed by atoms with Gasteiger partial charge in [-0.25, -0.2) is 0 Å². The molecule has 0 saturated heterocycles. The topological polar surface area (TPSA) is 13.1 Å². The van der Waals surface area contributed by atoms with Gasteiger partial charge in [0.2, 0.25) is 0 Å². The molecule has 0 amide bonds. The Balaban J connectivity index is 1.23.